The van der Waals surface area contributed by atoms with Crippen LogP contribution < -0.4 is 11.1 Å². The van der Waals surface area contributed by atoms with E-state index in [2.05, 4.69) is 10.4 Å². The summed E-state index contributed by atoms with van der Waals surface area (Å²) in [5.41, 5.74) is 6.47. The molecule has 1 aromatic heterocycles. The minimum Gasteiger partial charge on any atom is -0.394 e. The molecule has 0 aromatic carbocycles. The van der Waals surface area contributed by atoms with Crippen molar-refractivity contribution in [2.75, 3.05) is 30.8 Å². The summed E-state index contributed by atoms with van der Waals surface area (Å²) in [6.07, 6.45) is 4.11. The third-order valence-corrected chi connectivity index (χ3v) is 2.73. The highest BCUT2D eigenvalue weighted by Crippen LogP contribution is 2.18. The zero-order valence-electron chi connectivity index (χ0n) is 9.07. The van der Waals surface area contributed by atoms with E-state index in [0.29, 0.717) is 11.6 Å². The summed E-state index contributed by atoms with van der Waals surface area (Å²) in [6.45, 7) is 2.73. The summed E-state index contributed by atoms with van der Waals surface area (Å²) in [7, 11) is 1.87. The summed E-state index contributed by atoms with van der Waals surface area (Å²) in [5, 5.41) is 7.47. The first-order valence-corrected chi connectivity index (χ1v) is 5.36. The van der Waals surface area contributed by atoms with Gasteiger partial charge in [-0.3, -0.25) is 4.68 Å². The number of nitrogens with two attached hydrogens (primary N) is 1. The highest BCUT2D eigenvalue weighted by Gasteiger charge is 2.15. The average Bonchev–Trinajstić information content (AvgIpc) is 2.77. The molecule has 84 valence electrons. The van der Waals surface area contributed by atoms with E-state index in [0.717, 1.165) is 32.0 Å². The smallest absolute Gasteiger partial charge is 0.171 e. The highest BCUT2D eigenvalue weighted by atomic mass is 16.5. The van der Waals surface area contributed by atoms with E-state index in [-0.39, 0.29) is 0 Å². The molecule has 0 spiro atoms. The highest BCUT2D eigenvalue weighted by molar-refractivity contribution is 5.59. The van der Waals surface area contributed by atoms with Crippen LogP contribution in [0, 0.1) is 5.92 Å². The van der Waals surface area contributed by atoms with Crippen molar-refractivity contribution in [3.63, 3.8) is 0 Å². The molecule has 0 radical (unpaired) electrons. The van der Waals surface area contributed by atoms with Crippen molar-refractivity contribution in [3.8, 4) is 0 Å². The molecule has 5 nitrogen and oxygen atoms in total. The lowest BCUT2D eigenvalue weighted by atomic mass is 10.1. The summed E-state index contributed by atoms with van der Waals surface area (Å²) < 4.78 is 7.03. The third kappa shape index (κ3) is 2.62. The molecule has 1 aliphatic heterocycles. The quantitative estimate of drug-likeness (QED) is 0.773. The first-order chi connectivity index (χ1) is 7.25. The summed E-state index contributed by atoms with van der Waals surface area (Å²) >= 11 is 0. The van der Waals surface area contributed by atoms with Gasteiger partial charge in [0.15, 0.2) is 5.82 Å². The van der Waals surface area contributed by atoms with Crippen LogP contribution in [0.25, 0.3) is 0 Å². The number of anilines is 2. The monoisotopic (exact) mass is 210 g/mol. The molecule has 1 aromatic rings. The van der Waals surface area contributed by atoms with Crippen molar-refractivity contribution in [1.29, 1.82) is 0 Å². The lowest BCUT2D eigenvalue weighted by molar-refractivity contribution is 0.185. The Morgan fingerprint density at radius 2 is 2.60 bits per heavy atom. The molecule has 1 atom stereocenters. The summed E-state index contributed by atoms with van der Waals surface area (Å²) in [4.78, 5) is 0. The SMILES string of the molecule is Cn1cc(N)c(NCCC2CCOC2)n1. The first-order valence-electron chi connectivity index (χ1n) is 5.36. The van der Waals surface area contributed by atoms with Crippen molar-refractivity contribution in [1.82, 2.24) is 9.78 Å². The zero-order valence-corrected chi connectivity index (χ0v) is 9.07. The number of hydrogen-bond donors (Lipinski definition) is 2. The molecule has 1 aliphatic rings. The lowest BCUT2D eigenvalue weighted by Crippen LogP contribution is -2.10. The summed E-state index contributed by atoms with van der Waals surface area (Å²) in [5.74, 6) is 1.49. The normalized spacial score (nSPS) is 20.7. The Bertz CT molecular complexity index is 317. The van der Waals surface area contributed by atoms with Gasteiger partial charge < -0.3 is 15.8 Å². The number of nitrogens with one attached hydrogen (secondary N) is 1. The number of nitrogen functional groups attached to an aromatic ring is 1. The Labute approximate surface area is 89.6 Å². The van der Waals surface area contributed by atoms with Gasteiger partial charge in [-0.2, -0.15) is 5.10 Å². The third-order valence-electron chi connectivity index (χ3n) is 2.73. The van der Waals surface area contributed by atoms with Gasteiger partial charge in [-0.15, -0.1) is 0 Å². The molecule has 0 bridgehead atoms. The molecule has 2 heterocycles. The van der Waals surface area contributed by atoms with Crippen LogP contribution >= 0.6 is 0 Å². The van der Waals surface area contributed by atoms with Crippen molar-refractivity contribution in [3.05, 3.63) is 6.20 Å². The van der Waals surface area contributed by atoms with Crippen LogP contribution in [0.2, 0.25) is 0 Å². The van der Waals surface area contributed by atoms with Gasteiger partial charge in [-0.25, -0.2) is 0 Å². The molecular weight excluding hydrogens is 192 g/mol. The molecule has 0 amide bonds. The van der Waals surface area contributed by atoms with E-state index < -0.39 is 0 Å². The minimum absolute atomic E-state index is 0.697. The van der Waals surface area contributed by atoms with E-state index in [1.807, 2.05) is 7.05 Å². The predicted octanol–water partition coefficient (Wildman–Crippen LogP) is 0.841. The van der Waals surface area contributed by atoms with E-state index >= 15 is 0 Å². The molecule has 5 heteroatoms. The number of aromatic nitrogens is 2. The second kappa shape index (κ2) is 4.53. The Hall–Kier alpha value is -1.23. The minimum atomic E-state index is 0.697. The van der Waals surface area contributed by atoms with Crippen LogP contribution in [0.5, 0.6) is 0 Å². The average molecular weight is 210 g/mol. The number of aryl methyl sites for hydroxylation is 1. The number of hydrogen-bond acceptors (Lipinski definition) is 4. The predicted molar refractivity (Wildman–Crippen MR) is 59.7 cm³/mol. The van der Waals surface area contributed by atoms with Crippen LogP contribution in [0.15, 0.2) is 6.20 Å². The molecule has 0 aliphatic carbocycles. The number of ether oxygens (including phenoxy) is 1. The topological polar surface area (TPSA) is 65.1 Å². The Kier molecular flexibility index (Phi) is 3.11. The molecule has 3 N–H and O–H groups in total. The van der Waals surface area contributed by atoms with Gasteiger partial charge in [0.2, 0.25) is 0 Å². The van der Waals surface area contributed by atoms with Crippen molar-refractivity contribution >= 4 is 11.5 Å². The summed E-state index contributed by atoms with van der Waals surface area (Å²) in [6, 6.07) is 0. The molecule has 0 saturated carbocycles. The second-order valence-corrected chi connectivity index (χ2v) is 4.05. The van der Waals surface area contributed by atoms with Crippen LogP contribution in [0.1, 0.15) is 12.8 Å². The van der Waals surface area contributed by atoms with Gasteiger partial charge in [0.05, 0.1) is 5.69 Å². The maximum atomic E-state index is 5.77. The van der Waals surface area contributed by atoms with Crippen LogP contribution in [0.3, 0.4) is 0 Å². The fourth-order valence-corrected chi connectivity index (χ4v) is 1.85. The maximum absolute atomic E-state index is 5.77. The number of rotatable bonds is 4. The van der Waals surface area contributed by atoms with Gasteiger partial charge in [-0.05, 0) is 18.8 Å². The zero-order chi connectivity index (χ0) is 10.7. The second-order valence-electron chi connectivity index (χ2n) is 4.05. The molecular formula is C10H18N4O. The largest absolute Gasteiger partial charge is 0.394 e. The number of nitrogens with zero attached hydrogens (tertiary/aromatic N) is 2. The Morgan fingerprint density at radius 1 is 1.73 bits per heavy atom. The van der Waals surface area contributed by atoms with Gasteiger partial charge in [0.25, 0.3) is 0 Å². The van der Waals surface area contributed by atoms with Crippen LogP contribution in [-0.4, -0.2) is 29.5 Å². The maximum Gasteiger partial charge on any atom is 0.171 e. The van der Waals surface area contributed by atoms with E-state index in [4.69, 9.17) is 10.5 Å². The lowest BCUT2D eigenvalue weighted by Gasteiger charge is -2.08. The standard InChI is InChI=1S/C10H18N4O/c1-14-6-9(11)10(13-14)12-4-2-8-3-5-15-7-8/h6,8H,2-5,7,11H2,1H3,(H,12,13). The Morgan fingerprint density at radius 3 is 3.20 bits per heavy atom. The molecule has 1 saturated heterocycles. The van der Waals surface area contributed by atoms with Crippen LogP contribution in [-0.2, 0) is 11.8 Å². The molecule has 2 rings (SSSR count). The van der Waals surface area contributed by atoms with E-state index in [1.54, 1.807) is 10.9 Å². The van der Waals surface area contributed by atoms with E-state index in [9.17, 15) is 0 Å². The molecule has 15 heavy (non-hydrogen) atoms. The molecule has 1 fully saturated rings. The van der Waals surface area contributed by atoms with Gasteiger partial charge in [0, 0.05) is 33.0 Å². The van der Waals surface area contributed by atoms with Crippen molar-refractivity contribution in [2.45, 2.75) is 12.8 Å². The fraction of sp³-hybridized carbons (Fsp3) is 0.700. The van der Waals surface area contributed by atoms with Gasteiger partial charge in [0.1, 0.15) is 0 Å². The van der Waals surface area contributed by atoms with Crippen molar-refractivity contribution < 1.29 is 4.74 Å². The van der Waals surface area contributed by atoms with Gasteiger partial charge >= 0.3 is 0 Å². The fourth-order valence-electron chi connectivity index (χ4n) is 1.85. The van der Waals surface area contributed by atoms with Gasteiger partial charge in [-0.1, -0.05) is 0 Å². The Balaban J connectivity index is 1.75. The van der Waals surface area contributed by atoms with Crippen LogP contribution in [0.4, 0.5) is 11.5 Å². The van der Waals surface area contributed by atoms with E-state index in [1.165, 1.54) is 6.42 Å². The van der Waals surface area contributed by atoms with Crippen molar-refractivity contribution in [2.24, 2.45) is 13.0 Å². The first kappa shape index (κ1) is 10.3. The molecule has 1 unspecified atom stereocenters.